The van der Waals surface area contributed by atoms with Crippen LogP contribution in [0.2, 0.25) is 0 Å². The highest BCUT2D eigenvalue weighted by molar-refractivity contribution is 7.80. The largest absolute Gasteiger partial charge is 0.459 e. The van der Waals surface area contributed by atoms with E-state index in [1.807, 2.05) is 25.9 Å². The zero-order valence-corrected chi connectivity index (χ0v) is 39.8. The molecule has 0 unspecified atom stereocenters. The van der Waals surface area contributed by atoms with Gasteiger partial charge in [-0.1, -0.05) is 32.9 Å². The third-order valence-corrected chi connectivity index (χ3v) is 13.2. The molecule has 3 aliphatic heterocycles. The molecule has 0 aromatic carbocycles. The lowest BCUT2D eigenvalue weighted by Gasteiger charge is -2.49. The van der Waals surface area contributed by atoms with Crippen LogP contribution in [0.25, 0.3) is 0 Å². The first-order valence-corrected chi connectivity index (χ1v) is 22.8. The second kappa shape index (κ2) is 22.7. The maximum absolute atomic E-state index is 14.4. The molecule has 0 aromatic rings. The van der Waals surface area contributed by atoms with E-state index in [1.165, 1.54) is 35.0 Å². The molecule has 5 N–H and O–H groups in total. The number of aliphatic hydroxyl groups is 4. The lowest BCUT2D eigenvalue weighted by atomic mass is 9.73. The van der Waals surface area contributed by atoms with Gasteiger partial charge < -0.3 is 68.1 Å². The van der Waals surface area contributed by atoms with Gasteiger partial charge in [0.05, 0.1) is 61.0 Å². The number of carbonyl (C=O) groups is 1. The van der Waals surface area contributed by atoms with E-state index in [9.17, 15) is 38.2 Å². The molecule has 3 heterocycles. The molecular weight excluding hydrogens is 841 g/mol. The number of carbonyl (C=O) groups excluding carboxylic acids is 1. The van der Waals surface area contributed by atoms with Crippen molar-refractivity contribution >= 4 is 22.1 Å². The first kappa shape index (κ1) is 54.7. The molecule has 364 valence electrons. The number of cyclic esters (lactones) is 1. The van der Waals surface area contributed by atoms with Crippen LogP contribution in [0.1, 0.15) is 94.9 Å². The Bertz CT molecular complexity index is 1550. The number of ether oxygens (including phenoxy) is 8. The average Bonchev–Trinajstić information content (AvgIpc) is 3.17. The molecule has 0 aromatic heterocycles. The molecule has 0 aliphatic carbocycles. The number of rotatable bonds is 15. The highest BCUT2D eigenvalue weighted by Crippen LogP contribution is 2.41. The molecule has 3 rings (SSSR count). The van der Waals surface area contributed by atoms with Crippen LogP contribution < -0.4 is 0 Å². The van der Waals surface area contributed by atoms with E-state index in [-0.39, 0.29) is 50.5 Å². The Balaban J connectivity index is 2.24. The second-order valence-corrected chi connectivity index (χ2v) is 19.3. The fourth-order valence-corrected chi connectivity index (χ4v) is 9.85. The highest BCUT2D eigenvalue weighted by atomic mass is 32.3. The molecule has 3 saturated heterocycles. The Hall–Kier alpha value is -1.67. The van der Waals surface area contributed by atoms with E-state index >= 15 is 0 Å². The van der Waals surface area contributed by atoms with Gasteiger partial charge in [-0.15, -0.1) is 0 Å². The van der Waals surface area contributed by atoms with Crippen molar-refractivity contribution in [2.45, 2.75) is 179 Å². The number of likely N-dealkylation sites (N-methyl/N-ethyl adjacent to an activating group) is 1. The van der Waals surface area contributed by atoms with Crippen LogP contribution in [0.15, 0.2) is 5.16 Å². The lowest BCUT2D eigenvalue weighted by Crippen LogP contribution is -2.61. The molecule has 0 amide bonds. The van der Waals surface area contributed by atoms with Crippen LogP contribution in [0.4, 0.5) is 0 Å². The smallest absolute Gasteiger partial charge is 0.397 e. The molecule has 0 bridgehead atoms. The molecule has 21 heteroatoms. The SMILES string of the molecule is CC[C@H]1OC(=O)[C@H](C)[C@@H](O[C@H]2C[C@@](C)(OC)[C@@H](OS(=O)(=O)O)[C@H](C)O2)[C@H](C)[C@@H](O[C@@H]2O[C@H](C)C[C@H](N(C)C)[C@H]2O)[C@](C)(O)C[C@@H](C)/C(=N\OCOCCOC)[C@H](C)[C@@H](O)[C@]1(C)O. The van der Waals surface area contributed by atoms with Crippen molar-refractivity contribution in [2.75, 3.05) is 48.3 Å². The third-order valence-electron chi connectivity index (χ3n) is 12.8. The first-order valence-electron chi connectivity index (χ1n) is 21.4. The monoisotopic (exact) mass is 916 g/mol. The summed E-state index contributed by atoms with van der Waals surface area (Å²) in [5.74, 6) is -4.57. The van der Waals surface area contributed by atoms with Crippen molar-refractivity contribution in [3.05, 3.63) is 0 Å². The van der Waals surface area contributed by atoms with E-state index in [0.717, 1.165) is 0 Å². The minimum absolute atomic E-state index is 0.0926. The summed E-state index contributed by atoms with van der Waals surface area (Å²) < 4.78 is 86.3. The molecular formula is C41H76N2O18S. The van der Waals surface area contributed by atoms with Gasteiger partial charge >= 0.3 is 16.4 Å². The Kier molecular flexibility index (Phi) is 20.0. The van der Waals surface area contributed by atoms with Crippen LogP contribution in [0.5, 0.6) is 0 Å². The normalized spacial score (nSPS) is 43.9. The predicted molar refractivity (Wildman–Crippen MR) is 223 cm³/mol. The quantitative estimate of drug-likeness (QED) is 0.0518. The number of oxime groups is 1. The Morgan fingerprint density at radius 3 is 2.13 bits per heavy atom. The fourth-order valence-electron chi connectivity index (χ4n) is 9.23. The Morgan fingerprint density at radius 1 is 0.919 bits per heavy atom. The summed E-state index contributed by atoms with van der Waals surface area (Å²) in [5, 5.41) is 52.7. The van der Waals surface area contributed by atoms with E-state index < -0.39 is 112 Å². The van der Waals surface area contributed by atoms with Crippen LogP contribution in [0.3, 0.4) is 0 Å². The standard InChI is InChI=1S/C41H76N2O18S/c1-15-29-41(10,48)34(45)24(4)31(42-55-21-54-17-16-52-13)22(2)19-39(8,47)35(60-38-32(44)28(43(11)12)18-23(3)56-38)25(5)33(26(6)37(46)58-29)59-30-20-40(9,53-14)36(27(7)57-30)61-62(49,50)51/h22-30,32-36,38,44-45,47-48H,15-21H2,1-14H3,(H,49,50,51)/b42-31+/t22-,23-,24+,25+,26-,27+,28+,29-,30+,32-,33+,34-,35-,36+,38+,39-,40-,41-/m1/s1. The van der Waals surface area contributed by atoms with Crippen LogP contribution in [0, 0.1) is 23.7 Å². The summed E-state index contributed by atoms with van der Waals surface area (Å²) in [4.78, 5) is 21.8. The fraction of sp³-hybridized carbons (Fsp3) is 0.951. The minimum Gasteiger partial charge on any atom is -0.459 e. The van der Waals surface area contributed by atoms with Gasteiger partial charge in [-0.05, 0) is 74.9 Å². The van der Waals surface area contributed by atoms with Crippen LogP contribution in [-0.4, -0.2) is 183 Å². The maximum Gasteiger partial charge on any atom is 0.397 e. The molecule has 3 aliphatic rings. The average molecular weight is 917 g/mol. The number of methoxy groups -OCH3 is 2. The highest BCUT2D eigenvalue weighted by Gasteiger charge is 2.54. The molecule has 0 radical (unpaired) electrons. The number of hydrogen-bond donors (Lipinski definition) is 5. The maximum atomic E-state index is 14.4. The number of esters is 1. The van der Waals surface area contributed by atoms with Gasteiger partial charge in [0, 0.05) is 44.4 Å². The predicted octanol–water partition coefficient (Wildman–Crippen LogP) is 2.04. The van der Waals surface area contributed by atoms with Crippen molar-refractivity contribution in [3.8, 4) is 0 Å². The molecule has 3 fully saturated rings. The summed E-state index contributed by atoms with van der Waals surface area (Å²) >= 11 is 0. The van der Waals surface area contributed by atoms with E-state index in [2.05, 4.69) is 5.16 Å². The minimum atomic E-state index is -4.94. The van der Waals surface area contributed by atoms with Crippen molar-refractivity contribution < 1.29 is 85.1 Å². The number of hydrogen-bond acceptors (Lipinski definition) is 19. The zero-order valence-electron chi connectivity index (χ0n) is 39.0. The number of aliphatic hydroxyl groups excluding tert-OH is 2. The molecule has 18 atom stereocenters. The van der Waals surface area contributed by atoms with Gasteiger partial charge in [-0.2, -0.15) is 8.42 Å². The topological polar surface area (TPSA) is 260 Å². The molecule has 0 spiro atoms. The van der Waals surface area contributed by atoms with Crippen molar-refractivity contribution in [3.63, 3.8) is 0 Å². The van der Waals surface area contributed by atoms with Crippen molar-refractivity contribution in [1.29, 1.82) is 0 Å². The number of nitrogens with zero attached hydrogens (tertiary/aromatic N) is 2. The Labute approximate surface area is 367 Å². The van der Waals surface area contributed by atoms with Gasteiger partial charge in [0.15, 0.2) is 12.6 Å². The second-order valence-electron chi connectivity index (χ2n) is 18.2. The first-order chi connectivity index (χ1) is 28.6. The zero-order chi connectivity index (χ0) is 47.1. The summed E-state index contributed by atoms with van der Waals surface area (Å²) in [6.07, 6.45) is -11.3. The van der Waals surface area contributed by atoms with E-state index in [1.54, 1.807) is 41.5 Å². The van der Waals surface area contributed by atoms with Gasteiger partial charge in [-0.25, -0.2) is 4.18 Å². The molecule has 62 heavy (non-hydrogen) atoms. The van der Waals surface area contributed by atoms with Crippen LogP contribution >= 0.6 is 0 Å². The van der Waals surface area contributed by atoms with Gasteiger partial charge in [0.1, 0.15) is 29.5 Å². The van der Waals surface area contributed by atoms with Gasteiger partial charge in [0.2, 0.25) is 6.79 Å². The van der Waals surface area contributed by atoms with Gasteiger partial charge in [-0.3, -0.25) is 9.35 Å². The molecule has 20 nitrogen and oxygen atoms in total. The molecule has 0 saturated carbocycles. The Morgan fingerprint density at radius 2 is 1.56 bits per heavy atom. The summed E-state index contributed by atoms with van der Waals surface area (Å²) in [6, 6.07) is -0.382. The van der Waals surface area contributed by atoms with Crippen molar-refractivity contribution in [2.24, 2.45) is 28.8 Å². The lowest BCUT2D eigenvalue weighted by molar-refractivity contribution is -0.316. The van der Waals surface area contributed by atoms with E-state index in [4.69, 9.17) is 46.9 Å². The summed E-state index contributed by atoms with van der Waals surface area (Å²) in [6.45, 7) is 16.4. The van der Waals surface area contributed by atoms with E-state index in [0.29, 0.717) is 13.0 Å². The van der Waals surface area contributed by atoms with Crippen molar-refractivity contribution in [1.82, 2.24) is 4.90 Å². The van der Waals surface area contributed by atoms with Crippen LogP contribution in [-0.2, 0) is 62.1 Å². The third kappa shape index (κ3) is 13.7. The summed E-state index contributed by atoms with van der Waals surface area (Å²) in [5.41, 5.74) is -5.04. The van der Waals surface area contributed by atoms with Gasteiger partial charge in [0.25, 0.3) is 0 Å². The summed E-state index contributed by atoms with van der Waals surface area (Å²) in [7, 11) is 1.58.